The van der Waals surface area contributed by atoms with Gasteiger partial charge in [0, 0.05) is 24.1 Å². The Morgan fingerprint density at radius 2 is 1.88 bits per heavy atom. The van der Waals surface area contributed by atoms with Gasteiger partial charge in [0.15, 0.2) is 0 Å². The lowest BCUT2D eigenvalue weighted by molar-refractivity contribution is -0.137. The summed E-state index contributed by atoms with van der Waals surface area (Å²) in [6.45, 7) is -0.532. The highest BCUT2D eigenvalue weighted by Crippen LogP contribution is 2.30. The Hall–Kier alpha value is -4.35. The van der Waals surface area contributed by atoms with Gasteiger partial charge in [0.2, 0.25) is 11.6 Å². The number of anilines is 1. The van der Waals surface area contributed by atoms with E-state index in [0.29, 0.717) is 11.5 Å². The highest BCUT2D eigenvalue weighted by atomic mass is 19.4. The van der Waals surface area contributed by atoms with Gasteiger partial charge in [-0.2, -0.15) is 13.2 Å². The fourth-order valence-corrected chi connectivity index (χ4v) is 2.99. The van der Waals surface area contributed by atoms with E-state index >= 15 is 0 Å². The Bertz CT molecular complexity index is 1380. The van der Waals surface area contributed by atoms with E-state index in [1.807, 2.05) is 0 Å². The summed E-state index contributed by atoms with van der Waals surface area (Å²) in [4.78, 5) is 29.1. The number of nitrogens with zero attached hydrogens (tertiary/aromatic N) is 4. The zero-order chi connectivity index (χ0) is 23.6. The van der Waals surface area contributed by atoms with Crippen LogP contribution in [0.5, 0.6) is 17.4 Å². The fraction of sp³-hybridized carbons (Fsp3) is 0.143. The lowest BCUT2D eigenvalue weighted by atomic mass is 10.2. The molecule has 0 spiro atoms. The van der Waals surface area contributed by atoms with Crippen molar-refractivity contribution in [2.75, 3.05) is 12.4 Å². The number of carbonyl (C=O) groups is 1. The first kappa shape index (κ1) is 21.9. The maximum atomic E-state index is 12.9. The average molecular weight is 459 g/mol. The maximum absolute atomic E-state index is 12.9. The molecule has 0 aliphatic carbocycles. The number of fused-ring (bicyclic) bond motifs is 1. The summed E-state index contributed by atoms with van der Waals surface area (Å²) in [5.41, 5.74) is -1.56. The van der Waals surface area contributed by atoms with Gasteiger partial charge in [0.05, 0.1) is 12.7 Å². The van der Waals surface area contributed by atoms with Crippen LogP contribution < -0.4 is 20.5 Å². The third-order valence-electron chi connectivity index (χ3n) is 4.49. The minimum atomic E-state index is -4.55. The van der Waals surface area contributed by atoms with Crippen LogP contribution in [0.25, 0.3) is 5.65 Å². The van der Waals surface area contributed by atoms with Crippen molar-refractivity contribution in [1.29, 1.82) is 0 Å². The number of amides is 1. The number of aromatic nitrogens is 4. The zero-order valence-electron chi connectivity index (χ0n) is 17.0. The number of methoxy groups -OCH3 is 1. The summed E-state index contributed by atoms with van der Waals surface area (Å²) in [5, 5.41) is 6.43. The minimum absolute atomic E-state index is 0.0138. The van der Waals surface area contributed by atoms with Crippen molar-refractivity contribution >= 4 is 17.2 Å². The molecule has 0 aliphatic rings. The van der Waals surface area contributed by atoms with Gasteiger partial charge in [-0.15, -0.1) is 5.10 Å². The molecule has 170 valence electrons. The van der Waals surface area contributed by atoms with Crippen LogP contribution in [0.15, 0.2) is 65.7 Å². The first-order valence-electron chi connectivity index (χ1n) is 9.48. The van der Waals surface area contributed by atoms with Gasteiger partial charge in [0.25, 0.3) is 5.88 Å². The smallest absolute Gasteiger partial charge is 0.416 e. The molecule has 0 saturated carbocycles. The van der Waals surface area contributed by atoms with Crippen LogP contribution in [0, 0.1) is 0 Å². The summed E-state index contributed by atoms with van der Waals surface area (Å²) in [6, 6.07) is 10.9. The molecular weight excluding hydrogens is 443 g/mol. The average Bonchev–Trinajstić information content (AvgIpc) is 3.10. The molecule has 12 heteroatoms. The van der Waals surface area contributed by atoms with E-state index in [0.717, 1.165) is 21.2 Å². The lowest BCUT2D eigenvalue weighted by Gasteiger charge is -2.09. The van der Waals surface area contributed by atoms with Crippen molar-refractivity contribution in [2.24, 2.45) is 0 Å². The third kappa shape index (κ3) is 4.79. The second-order valence-corrected chi connectivity index (χ2v) is 6.77. The van der Waals surface area contributed by atoms with Crippen molar-refractivity contribution in [3.8, 4) is 17.4 Å². The number of nitrogens with one attached hydrogen (secondary N) is 1. The molecule has 33 heavy (non-hydrogen) atoms. The van der Waals surface area contributed by atoms with Crippen LogP contribution in [-0.4, -0.2) is 32.2 Å². The van der Waals surface area contributed by atoms with Crippen molar-refractivity contribution in [3.05, 3.63) is 77.0 Å². The van der Waals surface area contributed by atoms with Crippen LogP contribution in [0.4, 0.5) is 18.9 Å². The Morgan fingerprint density at radius 1 is 1.12 bits per heavy atom. The summed E-state index contributed by atoms with van der Waals surface area (Å²) >= 11 is 0. The first-order chi connectivity index (χ1) is 15.7. The molecule has 2 heterocycles. The van der Waals surface area contributed by atoms with E-state index in [1.165, 1.54) is 31.6 Å². The molecule has 4 rings (SSSR count). The highest BCUT2D eigenvalue weighted by molar-refractivity contribution is 5.90. The van der Waals surface area contributed by atoms with Gasteiger partial charge >= 0.3 is 11.9 Å². The molecule has 1 amide bonds. The van der Waals surface area contributed by atoms with Gasteiger partial charge in [0.1, 0.15) is 18.0 Å². The molecule has 0 atom stereocenters. The normalized spacial score (nSPS) is 11.4. The summed E-state index contributed by atoms with van der Waals surface area (Å²) in [7, 11) is 1.50. The highest BCUT2D eigenvalue weighted by Gasteiger charge is 2.30. The minimum Gasteiger partial charge on any atom is -0.497 e. The Morgan fingerprint density at radius 3 is 2.64 bits per heavy atom. The number of hydrogen-bond donors (Lipinski definition) is 1. The molecule has 0 radical (unpaired) electrons. The van der Waals surface area contributed by atoms with Gasteiger partial charge < -0.3 is 14.8 Å². The molecule has 0 bridgehead atoms. The van der Waals surface area contributed by atoms with Crippen LogP contribution in [0.3, 0.4) is 0 Å². The largest absolute Gasteiger partial charge is 0.497 e. The molecule has 2 aromatic carbocycles. The van der Waals surface area contributed by atoms with E-state index in [-0.39, 0.29) is 17.2 Å². The second-order valence-electron chi connectivity index (χ2n) is 6.77. The van der Waals surface area contributed by atoms with Crippen molar-refractivity contribution in [2.45, 2.75) is 12.7 Å². The Labute approximate surface area is 184 Å². The number of benzene rings is 2. The third-order valence-corrected chi connectivity index (χ3v) is 4.49. The van der Waals surface area contributed by atoms with E-state index in [2.05, 4.69) is 15.4 Å². The SMILES string of the molecule is COc1cccc(Oc2nccn3c(=O)n(CC(=O)Nc4cccc(C(F)(F)F)c4)nc23)c1. The van der Waals surface area contributed by atoms with E-state index in [4.69, 9.17) is 9.47 Å². The molecule has 0 fully saturated rings. The van der Waals surface area contributed by atoms with Gasteiger partial charge in [-0.3, -0.25) is 4.79 Å². The van der Waals surface area contributed by atoms with Crippen molar-refractivity contribution in [3.63, 3.8) is 0 Å². The molecular formula is C21H16F3N5O4. The molecule has 4 aromatic rings. The van der Waals surface area contributed by atoms with Gasteiger partial charge in [-0.25, -0.2) is 18.9 Å². The summed E-state index contributed by atoms with van der Waals surface area (Å²) < 4.78 is 51.4. The van der Waals surface area contributed by atoms with Crippen LogP contribution in [0.1, 0.15) is 5.56 Å². The number of halogens is 3. The number of alkyl halides is 3. The Kier molecular flexibility index (Phi) is 5.73. The number of rotatable bonds is 6. The van der Waals surface area contributed by atoms with E-state index in [9.17, 15) is 22.8 Å². The molecule has 0 saturated heterocycles. The monoisotopic (exact) mass is 459 g/mol. The first-order valence-corrected chi connectivity index (χ1v) is 9.48. The molecule has 9 nitrogen and oxygen atoms in total. The Balaban J connectivity index is 1.56. The number of carbonyl (C=O) groups excluding carboxylic acids is 1. The van der Waals surface area contributed by atoms with Gasteiger partial charge in [-0.1, -0.05) is 12.1 Å². The number of hydrogen-bond acceptors (Lipinski definition) is 6. The zero-order valence-corrected chi connectivity index (χ0v) is 17.0. The predicted molar refractivity (Wildman–Crippen MR) is 110 cm³/mol. The quantitative estimate of drug-likeness (QED) is 0.475. The fourth-order valence-electron chi connectivity index (χ4n) is 2.99. The molecule has 0 unspecified atom stereocenters. The second kappa shape index (κ2) is 8.65. The maximum Gasteiger partial charge on any atom is 0.416 e. The topological polar surface area (TPSA) is 99.8 Å². The molecule has 2 aromatic heterocycles. The van der Waals surface area contributed by atoms with Crippen molar-refractivity contribution in [1.82, 2.24) is 19.2 Å². The lowest BCUT2D eigenvalue weighted by Crippen LogP contribution is -2.28. The summed E-state index contributed by atoms with van der Waals surface area (Å²) in [6.07, 6.45) is -1.87. The van der Waals surface area contributed by atoms with Crippen LogP contribution in [-0.2, 0) is 17.5 Å². The van der Waals surface area contributed by atoms with Crippen LogP contribution >= 0.6 is 0 Å². The molecule has 1 N–H and O–H groups in total. The molecule has 0 aliphatic heterocycles. The standard InChI is InChI=1S/C21H16F3N5O4/c1-32-15-6-3-7-16(11-15)33-19-18-27-29(20(31)28(18)9-8-25-19)12-17(30)26-14-5-2-4-13(10-14)21(22,23)24/h2-11H,12H2,1H3,(H,26,30). The van der Waals surface area contributed by atoms with Crippen molar-refractivity contribution < 1.29 is 27.4 Å². The van der Waals surface area contributed by atoms with E-state index in [1.54, 1.807) is 24.3 Å². The predicted octanol–water partition coefficient (Wildman–Crippen LogP) is 3.35. The van der Waals surface area contributed by atoms with E-state index < -0.39 is 29.9 Å². The van der Waals surface area contributed by atoms with Gasteiger partial charge in [-0.05, 0) is 30.3 Å². The summed E-state index contributed by atoms with van der Waals surface area (Å²) in [5.74, 6) is 0.218. The van der Waals surface area contributed by atoms with Crippen LogP contribution in [0.2, 0.25) is 0 Å². The number of ether oxygens (including phenoxy) is 2.